The summed E-state index contributed by atoms with van der Waals surface area (Å²) in [7, 11) is 0. The van der Waals surface area contributed by atoms with Crippen LogP contribution in [0.15, 0.2) is 59.5 Å². The largest absolute Gasteiger partial charge is 0.404 e. The van der Waals surface area contributed by atoms with Gasteiger partial charge in [-0.05, 0) is 54.6 Å². The third-order valence-corrected chi connectivity index (χ3v) is 5.74. The first-order chi connectivity index (χ1) is 13.6. The molecule has 0 radical (unpaired) electrons. The Kier molecular flexibility index (Phi) is 8.45. The number of rotatable bonds is 8. The predicted octanol–water partition coefficient (Wildman–Crippen LogP) is 6.42. The highest BCUT2D eigenvalue weighted by Crippen LogP contribution is 2.43. The molecule has 0 saturated heterocycles. The van der Waals surface area contributed by atoms with Crippen molar-refractivity contribution in [2.75, 3.05) is 5.32 Å². The number of nitrogens with two attached hydrogens (primary N) is 1. The molecule has 1 saturated carbocycles. The topological polar surface area (TPSA) is 63.3 Å². The second kappa shape index (κ2) is 10.8. The van der Waals surface area contributed by atoms with Crippen LogP contribution in [0.2, 0.25) is 0 Å². The minimum absolute atomic E-state index is 0.0337. The van der Waals surface area contributed by atoms with Gasteiger partial charge in [0.05, 0.1) is 5.69 Å². The zero-order valence-electron chi connectivity index (χ0n) is 17.4. The van der Waals surface area contributed by atoms with Crippen LogP contribution in [0.3, 0.4) is 0 Å². The molecule has 5 heteroatoms. The average Bonchev–Trinajstić information content (AvgIpc) is 3.49. The van der Waals surface area contributed by atoms with E-state index in [1.54, 1.807) is 17.5 Å². The maximum Gasteiger partial charge on any atom is 0.187 e. The fourth-order valence-electron chi connectivity index (χ4n) is 2.65. The highest BCUT2D eigenvalue weighted by Gasteiger charge is 2.26. The molecule has 1 heterocycles. The van der Waals surface area contributed by atoms with Crippen molar-refractivity contribution >= 4 is 28.4 Å². The molecule has 1 unspecified atom stereocenters. The first-order valence-corrected chi connectivity index (χ1v) is 10.9. The number of benzene rings is 1. The number of aromatic nitrogens is 1. The second-order valence-corrected chi connectivity index (χ2v) is 7.72. The first kappa shape index (κ1) is 21.9. The van der Waals surface area contributed by atoms with Crippen LogP contribution in [-0.2, 0) is 6.42 Å². The van der Waals surface area contributed by atoms with E-state index in [4.69, 9.17) is 5.73 Å². The Morgan fingerprint density at radius 1 is 1.43 bits per heavy atom. The normalized spacial score (nSPS) is 15.1. The minimum atomic E-state index is 0.0337. The number of nitrogens with zero attached hydrogens (tertiary/aromatic N) is 2. The first-order valence-electron chi connectivity index (χ1n) is 10.1. The molecule has 150 valence electrons. The van der Waals surface area contributed by atoms with Gasteiger partial charge in [0.15, 0.2) is 5.13 Å². The number of hydrogen-bond acceptors (Lipinski definition) is 5. The molecule has 0 bridgehead atoms. The zero-order valence-corrected chi connectivity index (χ0v) is 18.2. The van der Waals surface area contributed by atoms with E-state index in [0.717, 1.165) is 34.4 Å². The summed E-state index contributed by atoms with van der Waals surface area (Å²) in [5.41, 5.74) is 9.83. The lowest BCUT2D eigenvalue weighted by atomic mass is 10.00. The van der Waals surface area contributed by atoms with E-state index in [1.165, 1.54) is 23.3 Å². The quantitative estimate of drug-likeness (QED) is 0.506. The third kappa shape index (κ3) is 6.06. The molecule has 3 rings (SSSR count). The lowest BCUT2D eigenvalue weighted by Gasteiger charge is -2.16. The van der Waals surface area contributed by atoms with E-state index in [0.29, 0.717) is 0 Å². The van der Waals surface area contributed by atoms with Gasteiger partial charge in [-0.15, -0.1) is 11.3 Å². The van der Waals surface area contributed by atoms with Gasteiger partial charge in [0.25, 0.3) is 0 Å². The molecule has 1 aromatic heterocycles. The molecular weight excluding hydrogens is 364 g/mol. The highest BCUT2D eigenvalue weighted by atomic mass is 32.1. The molecule has 1 fully saturated rings. The van der Waals surface area contributed by atoms with Gasteiger partial charge in [0.2, 0.25) is 0 Å². The van der Waals surface area contributed by atoms with Gasteiger partial charge in [-0.1, -0.05) is 46.4 Å². The van der Waals surface area contributed by atoms with Crippen molar-refractivity contribution in [2.45, 2.75) is 52.9 Å². The van der Waals surface area contributed by atoms with E-state index >= 15 is 0 Å². The molecule has 28 heavy (non-hydrogen) atoms. The molecule has 1 aliphatic rings. The molecule has 4 nitrogen and oxygen atoms in total. The molecule has 0 spiro atoms. The number of anilines is 1. The van der Waals surface area contributed by atoms with Crippen molar-refractivity contribution in [1.82, 2.24) is 4.98 Å². The summed E-state index contributed by atoms with van der Waals surface area (Å²) in [5, 5.41) is 4.23. The van der Waals surface area contributed by atoms with Gasteiger partial charge >= 0.3 is 0 Å². The molecule has 3 N–H and O–H groups in total. The maximum atomic E-state index is 5.84. The molecule has 1 aromatic carbocycles. The summed E-state index contributed by atoms with van der Waals surface area (Å²) < 4.78 is 0. The zero-order chi connectivity index (χ0) is 20.5. The number of nitrogens with one attached hydrogen (secondary N) is 1. The summed E-state index contributed by atoms with van der Waals surface area (Å²) in [6, 6.07) is 8.23. The van der Waals surface area contributed by atoms with Crippen molar-refractivity contribution in [3.8, 4) is 0 Å². The van der Waals surface area contributed by atoms with Crippen molar-refractivity contribution in [1.29, 1.82) is 0 Å². The van der Waals surface area contributed by atoms with E-state index in [9.17, 15) is 0 Å². The van der Waals surface area contributed by atoms with E-state index in [1.807, 2.05) is 38.4 Å². The van der Waals surface area contributed by atoms with Gasteiger partial charge in [0, 0.05) is 28.9 Å². The van der Waals surface area contributed by atoms with Gasteiger partial charge in [-0.25, -0.2) is 4.98 Å². The number of allylic oxidation sites excluding steroid dienone is 1. The second-order valence-electron chi connectivity index (χ2n) is 6.66. The van der Waals surface area contributed by atoms with E-state index < -0.39 is 0 Å². The van der Waals surface area contributed by atoms with Crippen molar-refractivity contribution in [2.24, 2.45) is 16.6 Å². The van der Waals surface area contributed by atoms with Crippen LogP contribution in [0.25, 0.3) is 0 Å². The number of aliphatic imine (C=N–C) groups is 1. The predicted molar refractivity (Wildman–Crippen MR) is 124 cm³/mol. The van der Waals surface area contributed by atoms with Gasteiger partial charge < -0.3 is 11.1 Å². The van der Waals surface area contributed by atoms with E-state index in [-0.39, 0.29) is 5.92 Å². The Labute approximate surface area is 173 Å². The third-order valence-electron chi connectivity index (χ3n) is 4.67. The van der Waals surface area contributed by atoms with Crippen LogP contribution >= 0.6 is 11.3 Å². The summed E-state index contributed by atoms with van der Waals surface area (Å²) in [4.78, 5) is 10.4. The van der Waals surface area contributed by atoms with Gasteiger partial charge in [-0.3, -0.25) is 4.99 Å². The van der Waals surface area contributed by atoms with E-state index in [2.05, 4.69) is 47.9 Å². The van der Waals surface area contributed by atoms with Crippen LogP contribution in [0.5, 0.6) is 0 Å². The van der Waals surface area contributed by atoms with Gasteiger partial charge in [0.1, 0.15) is 0 Å². The Balaban J connectivity index is 0.00000136. The summed E-state index contributed by atoms with van der Waals surface area (Å²) >= 11 is 1.72. The van der Waals surface area contributed by atoms with Crippen LogP contribution in [-0.4, -0.2) is 11.2 Å². The van der Waals surface area contributed by atoms with Crippen molar-refractivity contribution < 1.29 is 0 Å². The van der Waals surface area contributed by atoms with Gasteiger partial charge in [-0.2, -0.15) is 0 Å². The van der Waals surface area contributed by atoms with Crippen LogP contribution in [0.1, 0.15) is 56.9 Å². The Bertz CT molecular complexity index is 831. The summed E-state index contributed by atoms with van der Waals surface area (Å²) in [6.07, 6.45) is 8.97. The van der Waals surface area contributed by atoms with Crippen LogP contribution < -0.4 is 11.1 Å². The minimum Gasteiger partial charge on any atom is -0.404 e. The SMILES string of the molecule is C=C(Nc1ncc(C2CC2)s1)C(C)/C(C=Nc1cccc(CC)c1)=C/N.CC. The average molecular weight is 397 g/mol. The lowest BCUT2D eigenvalue weighted by molar-refractivity contribution is 0.844. The van der Waals surface area contributed by atoms with Crippen molar-refractivity contribution in [3.63, 3.8) is 0 Å². The Morgan fingerprint density at radius 3 is 2.82 bits per heavy atom. The molecule has 1 atom stereocenters. The van der Waals surface area contributed by atoms with Crippen molar-refractivity contribution in [3.05, 3.63) is 65.0 Å². The maximum absolute atomic E-state index is 5.84. The molecule has 0 amide bonds. The molecule has 1 aliphatic carbocycles. The van der Waals surface area contributed by atoms with Crippen LogP contribution in [0.4, 0.5) is 10.8 Å². The summed E-state index contributed by atoms with van der Waals surface area (Å²) in [5.74, 6) is 0.755. The number of hydrogen-bond donors (Lipinski definition) is 2. The lowest BCUT2D eigenvalue weighted by Crippen LogP contribution is -2.12. The Hall–Kier alpha value is -2.40. The highest BCUT2D eigenvalue weighted by molar-refractivity contribution is 7.15. The number of aryl methyl sites for hydroxylation is 1. The smallest absolute Gasteiger partial charge is 0.187 e. The monoisotopic (exact) mass is 396 g/mol. The standard InChI is InChI=1S/C21H26N4S.C2H6/c1-4-16-6-5-7-19(10-16)23-12-18(11-22)14(2)15(3)25-21-24-13-20(26-21)17-8-9-17;1-2/h5-7,10-14,17H,3-4,8-9,22H2,1-2H3,(H,24,25);1-2H3/b18-11+,23-12?;. The molecular formula is C23H32N4S. The molecule has 2 aromatic rings. The summed E-state index contributed by atoms with van der Waals surface area (Å²) in [6.45, 7) is 12.4. The Morgan fingerprint density at radius 2 is 2.18 bits per heavy atom. The molecule has 0 aliphatic heterocycles. The fourth-order valence-corrected chi connectivity index (χ4v) is 3.67. The number of thiazole rings is 1. The fraction of sp³-hybridized carbons (Fsp3) is 0.391. The van der Waals surface area contributed by atoms with Crippen LogP contribution in [0, 0.1) is 5.92 Å².